The third-order valence-corrected chi connectivity index (χ3v) is 4.62. The van der Waals surface area contributed by atoms with Crippen LogP contribution in [0.25, 0.3) is 5.69 Å². The van der Waals surface area contributed by atoms with E-state index in [0.29, 0.717) is 0 Å². The summed E-state index contributed by atoms with van der Waals surface area (Å²) in [6.45, 7) is 4.16. The first-order valence-electron chi connectivity index (χ1n) is 8.95. The third kappa shape index (κ3) is 3.44. The van der Waals surface area contributed by atoms with Crippen LogP contribution in [0, 0.1) is 13.8 Å². The van der Waals surface area contributed by atoms with Gasteiger partial charge in [0.2, 0.25) is 0 Å². The van der Waals surface area contributed by atoms with Gasteiger partial charge in [0.1, 0.15) is 6.04 Å². The van der Waals surface area contributed by atoms with E-state index in [-0.39, 0.29) is 6.04 Å². The first kappa shape index (κ1) is 17.0. The Morgan fingerprint density at radius 2 is 1.41 bits per heavy atom. The molecule has 27 heavy (non-hydrogen) atoms. The summed E-state index contributed by atoms with van der Waals surface area (Å²) in [6.07, 6.45) is 0. The Morgan fingerprint density at radius 1 is 0.778 bits per heavy atom. The van der Waals surface area contributed by atoms with Crippen LogP contribution in [0.5, 0.6) is 0 Å². The Kier molecular flexibility index (Phi) is 4.66. The van der Waals surface area contributed by atoms with E-state index in [4.69, 9.17) is 0 Å². The van der Waals surface area contributed by atoms with Crippen molar-refractivity contribution >= 4 is 5.69 Å². The molecule has 4 rings (SSSR count). The molecule has 0 amide bonds. The van der Waals surface area contributed by atoms with Crippen molar-refractivity contribution in [2.45, 2.75) is 19.9 Å². The number of anilines is 1. The van der Waals surface area contributed by atoms with Crippen molar-refractivity contribution in [3.8, 4) is 5.69 Å². The molecule has 0 saturated carbocycles. The molecule has 0 bridgehead atoms. The van der Waals surface area contributed by atoms with Crippen LogP contribution in [0.4, 0.5) is 5.69 Å². The predicted molar refractivity (Wildman–Crippen MR) is 107 cm³/mol. The van der Waals surface area contributed by atoms with Crippen molar-refractivity contribution in [2.24, 2.45) is 0 Å². The van der Waals surface area contributed by atoms with Crippen molar-refractivity contribution in [1.29, 1.82) is 0 Å². The van der Waals surface area contributed by atoms with Gasteiger partial charge in [-0.2, -0.15) is 4.68 Å². The number of nitrogens with one attached hydrogen (secondary N) is 1. The second-order valence-electron chi connectivity index (χ2n) is 6.54. The van der Waals surface area contributed by atoms with Crippen molar-refractivity contribution in [3.05, 3.63) is 101 Å². The minimum absolute atomic E-state index is 0.178. The summed E-state index contributed by atoms with van der Waals surface area (Å²) < 4.78 is 1.85. The van der Waals surface area contributed by atoms with Gasteiger partial charge in [-0.15, -0.1) is 5.10 Å². The summed E-state index contributed by atoms with van der Waals surface area (Å²) in [7, 11) is 0. The Morgan fingerprint density at radius 3 is 2.07 bits per heavy atom. The summed E-state index contributed by atoms with van der Waals surface area (Å²) >= 11 is 0. The molecule has 1 aromatic heterocycles. The lowest BCUT2D eigenvalue weighted by Gasteiger charge is -2.21. The van der Waals surface area contributed by atoms with Crippen LogP contribution >= 0.6 is 0 Å². The van der Waals surface area contributed by atoms with Gasteiger partial charge in [-0.25, -0.2) is 0 Å². The highest BCUT2D eigenvalue weighted by Gasteiger charge is 2.23. The average Bonchev–Trinajstić information content (AvgIpc) is 3.16. The van der Waals surface area contributed by atoms with E-state index in [1.54, 1.807) is 0 Å². The largest absolute Gasteiger partial charge is 0.371 e. The number of rotatable bonds is 5. The summed E-state index contributed by atoms with van der Waals surface area (Å²) in [5, 5.41) is 16.3. The number of aromatic nitrogens is 4. The van der Waals surface area contributed by atoms with E-state index in [1.807, 2.05) is 53.2 Å². The van der Waals surface area contributed by atoms with Crippen LogP contribution in [0.1, 0.15) is 28.6 Å². The molecule has 0 aliphatic heterocycles. The summed E-state index contributed by atoms with van der Waals surface area (Å²) in [6, 6.07) is 26.4. The first-order chi connectivity index (χ1) is 13.2. The lowest BCUT2D eigenvalue weighted by molar-refractivity contribution is 0.731. The Hall–Kier alpha value is -3.47. The molecule has 4 aromatic rings. The highest BCUT2D eigenvalue weighted by molar-refractivity contribution is 5.50. The van der Waals surface area contributed by atoms with Gasteiger partial charge in [-0.3, -0.25) is 0 Å². The van der Waals surface area contributed by atoms with Gasteiger partial charge < -0.3 is 5.32 Å². The molecule has 3 aromatic carbocycles. The lowest BCUT2D eigenvalue weighted by Crippen LogP contribution is -2.18. The Balaban J connectivity index is 1.84. The van der Waals surface area contributed by atoms with E-state index in [9.17, 15) is 0 Å². The number of hydrogen-bond donors (Lipinski definition) is 1. The molecule has 5 heteroatoms. The van der Waals surface area contributed by atoms with Crippen LogP contribution in [-0.4, -0.2) is 20.2 Å². The van der Waals surface area contributed by atoms with Crippen molar-refractivity contribution in [3.63, 3.8) is 0 Å². The fourth-order valence-corrected chi connectivity index (χ4v) is 3.32. The van der Waals surface area contributed by atoms with Crippen LogP contribution < -0.4 is 5.32 Å². The van der Waals surface area contributed by atoms with E-state index in [2.05, 4.69) is 65.0 Å². The summed E-state index contributed by atoms with van der Waals surface area (Å²) in [5.41, 5.74) is 5.41. The molecule has 0 radical (unpaired) electrons. The molecule has 5 nitrogen and oxygen atoms in total. The maximum atomic E-state index is 4.39. The molecule has 0 unspecified atom stereocenters. The number of nitrogens with zero attached hydrogens (tertiary/aromatic N) is 4. The van der Waals surface area contributed by atoms with E-state index >= 15 is 0 Å². The van der Waals surface area contributed by atoms with Gasteiger partial charge in [0.15, 0.2) is 5.82 Å². The van der Waals surface area contributed by atoms with E-state index < -0.39 is 0 Å². The molecule has 134 valence electrons. The maximum Gasteiger partial charge on any atom is 0.183 e. The van der Waals surface area contributed by atoms with E-state index in [1.165, 1.54) is 0 Å². The van der Waals surface area contributed by atoms with Crippen LogP contribution in [0.3, 0.4) is 0 Å². The van der Waals surface area contributed by atoms with Crippen molar-refractivity contribution < 1.29 is 0 Å². The Bertz CT molecular complexity index is 1000. The fraction of sp³-hybridized carbons (Fsp3) is 0.136. The third-order valence-electron chi connectivity index (χ3n) is 4.62. The monoisotopic (exact) mass is 355 g/mol. The first-order valence-corrected chi connectivity index (χ1v) is 8.95. The minimum atomic E-state index is -0.178. The molecule has 0 fully saturated rings. The van der Waals surface area contributed by atoms with Gasteiger partial charge in [0.05, 0.1) is 5.69 Å². The van der Waals surface area contributed by atoms with Gasteiger partial charge in [-0.05, 0) is 53.1 Å². The quantitative estimate of drug-likeness (QED) is 0.573. The highest BCUT2D eigenvalue weighted by Crippen LogP contribution is 2.28. The molecule has 1 N–H and O–H groups in total. The zero-order valence-corrected chi connectivity index (χ0v) is 15.4. The second kappa shape index (κ2) is 7.41. The van der Waals surface area contributed by atoms with Gasteiger partial charge >= 0.3 is 0 Å². The molecule has 1 heterocycles. The zero-order chi connectivity index (χ0) is 18.6. The van der Waals surface area contributed by atoms with Crippen LogP contribution in [0.15, 0.2) is 78.9 Å². The van der Waals surface area contributed by atoms with Gasteiger partial charge in [0.25, 0.3) is 0 Å². The number of aryl methyl sites for hydroxylation is 2. The molecular formula is C22H21N5. The molecule has 1 atom stereocenters. The van der Waals surface area contributed by atoms with Crippen LogP contribution in [-0.2, 0) is 0 Å². The molecule has 0 aliphatic rings. The van der Waals surface area contributed by atoms with Crippen molar-refractivity contribution in [2.75, 3.05) is 5.32 Å². The average molecular weight is 355 g/mol. The zero-order valence-electron chi connectivity index (χ0n) is 15.4. The molecule has 0 spiro atoms. The number of hydrogen-bond acceptors (Lipinski definition) is 4. The SMILES string of the molecule is Cc1cccc(C)c1-n1nnnc1[C@H](Nc1ccccc1)c1ccccc1. The molecule has 0 saturated heterocycles. The summed E-state index contributed by atoms with van der Waals surface area (Å²) in [5.74, 6) is 0.752. The highest BCUT2D eigenvalue weighted by atomic mass is 15.5. The Labute approximate surface area is 158 Å². The predicted octanol–water partition coefficient (Wildman–Crippen LogP) is 4.48. The van der Waals surface area contributed by atoms with E-state index in [0.717, 1.165) is 33.9 Å². The normalized spacial score (nSPS) is 11.9. The molecular weight excluding hydrogens is 334 g/mol. The topological polar surface area (TPSA) is 55.6 Å². The van der Waals surface area contributed by atoms with Crippen LogP contribution in [0.2, 0.25) is 0 Å². The number of benzene rings is 3. The second-order valence-corrected chi connectivity index (χ2v) is 6.54. The van der Waals surface area contributed by atoms with Gasteiger partial charge in [0, 0.05) is 5.69 Å². The minimum Gasteiger partial charge on any atom is -0.371 e. The molecule has 0 aliphatic carbocycles. The maximum absolute atomic E-state index is 4.39. The van der Waals surface area contributed by atoms with Crippen molar-refractivity contribution in [1.82, 2.24) is 20.2 Å². The number of tetrazole rings is 1. The van der Waals surface area contributed by atoms with Gasteiger partial charge in [-0.1, -0.05) is 66.7 Å². The summed E-state index contributed by atoms with van der Waals surface area (Å²) in [4.78, 5) is 0. The number of para-hydroxylation sites is 2. The standard InChI is InChI=1S/C22H21N5/c1-16-10-9-11-17(2)21(16)27-22(24-25-26-27)20(18-12-5-3-6-13-18)23-19-14-7-4-8-15-19/h3-15,20,23H,1-2H3/t20-/m1/s1. The lowest BCUT2D eigenvalue weighted by atomic mass is 10.0. The smallest absolute Gasteiger partial charge is 0.183 e. The fourth-order valence-electron chi connectivity index (χ4n) is 3.32.